The second kappa shape index (κ2) is 5.79. The Morgan fingerprint density at radius 3 is 2.35 bits per heavy atom. The Kier molecular flexibility index (Phi) is 4.65. The molecule has 0 aromatic heterocycles. The van der Waals surface area contributed by atoms with Crippen LogP contribution in [0.15, 0.2) is 29.2 Å². The number of benzene rings is 1. The molecule has 1 aromatic rings. The molecule has 5 nitrogen and oxygen atoms in total. The molecule has 0 saturated carbocycles. The third kappa shape index (κ3) is 4.54. The van der Waals surface area contributed by atoms with Gasteiger partial charge in [0.15, 0.2) is 0 Å². The number of unbranched alkanes of at least 4 members (excludes halogenated alkanes) is 1. The quantitative estimate of drug-likeness (QED) is 0.496. The molecule has 94 valence electrons. The highest BCUT2D eigenvalue weighted by molar-refractivity contribution is 7.85. The topological polar surface area (TPSA) is 80.7 Å². The highest BCUT2D eigenvalue weighted by Gasteiger charge is 2.10. The standard InChI is InChI=1S/C11H14O5S/c1-2-3-4-11(12)16-9-5-7-10(8-6-9)17(13,14)15/h5-8H,2-4H2,1H3,(H,13,14,15). The first-order valence-corrected chi connectivity index (χ1v) is 6.65. The van der Waals surface area contributed by atoms with Crippen LogP contribution in [0.25, 0.3) is 0 Å². The molecule has 0 aliphatic rings. The van der Waals surface area contributed by atoms with Crippen LogP contribution < -0.4 is 4.74 Å². The van der Waals surface area contributed by atoms with Crippen molar-refractivity contribution in [2.24, 2.45) is 0 Å². The van der Waals surface area contributed by atoms with Crippen molar-refractivity contribution in [3.63, 3.8) is 0 Å². The van der Waals surface area contributed by atoms with Crippen LogP contribution in [-0.2, 0) is 14.9 Å². The summed E-state index contributed by atoms with van der Waals surface area (Å²) < 4.78 is 35.2. The van der Waals surface area contributed by atoms with Gasteiger partial charge in [0.1, 0.15) is 5.75 Å². The fourth-order valence-electron chi connectivity index (χ4n) is 1.18. The summed E-state index contributed by atoms with van der Waals surface area (Å²) in [7, 11) is -4.20. The molecule has 6 heteroatoms. The van der Waals surface area contributed by atoms with E-state index in [2.05, 4.69) is 0 Å². The normalized spacial score (nSPS) is 11.2. The van der Waals surface area contributed by atoms with E-state index in [4.69, 9.17) is 9.29 Å². The van der Waals surface area contributed by atoms with Gasteiger partial charge in [0.25, 0.3) is 10.1 Å². The molecule has 0 aliphatic carbocycles. The average Bonchev–Trinajstić information content (AvgIpc) is 2.26. The highest BCUT2D eigenvalue weighted by Crippen LogP contribution is 2.16. The van der Waals surface area contributed by atoms with Gasteiger partial charge in [-0.1, -0.05) is 13.3 Å². The van der Waals surface area contributed by atoms with Gasteiger partial charge in [-0.15, -0.1) is 0 Å². The van der Waals surface area contributed by atoms with Crippen LogP contribution in [0, 0.1) is 0 Å². The molecule has 0 bridgehead atoms. The molecular weight excluding hydrogens is 244 g/mol. The minimum atomic E-state index is -4.20. The lowest BCUT2D eigenvalue weighted by Gasteiger charge is -2.04. The first-order chi connectivity index (χ1) is 7.93. The number of carbonyl (C=O) groups excluding carboxylic acids is 1. The lowest BCUT2D eigenvalue weighted by Crippen LogP contribution is -2.07. The second-order valence-electron chi connectivity index (χ2n) is 3.52. The highest BCUT2D eigenvalue weighted by atomic mass is 32.2. The Balaban J connectivity index is 2.66. The van der Waals surface area contributed by atoms with E-state index in [0.717, 1.165) is 12.8 Å². The number of carbonyl (C=O) groups is 1. The van der Waals surface area contributed by atoms with E-state index in [1.54, 1.807) is 0 Å². The fraction of sp³-hybridized carbons (Fsp3) is 0.364. The molecular formula is C11H14O5S. The van der Waals surface area contributed by atoms with Crippen molar-refractivity contribution in [1.29, 1.82) is 0 Å². The van der Waals surface area contributed by atoms with E-state index in [9.17, 15) is 13.2 Å². The number of hydrogen-bond donors (Lipinski definition) is 1. The summed E-state index contributed by atoms with van der Waals surface area (Å²) in [6.45, 7) is 1.97. The number of esters is 1. The first kappa shape index (κ1) is 13.7. The molecule has 1 aromatic carbocycles. The van der Waals surface area contributed by atoms with Crippen LogP contribution in [0.1, 0.15) is 26.2 Å². The van der Waals surface area contributed by atoms with Crippen molar-refractivity contribution in [3.05, 3.63) is 24.3 Å². The molecule has 1 N–H and O–H groups in total. The van der Waals surface area contributed by atoms with Crippen LogP contribution in [-0.4, -0.2) is 18.9 Å². The molecule has 1 rings (SSSR count). The summed E-state index contributed by atoms with van der Waals surface area (Å²) in [5, 5.41) is 0. The molecule has 0 amide bonds. The van der Waals surface area contributed by atoms with Crippen molar-refractivity contribution in [2.75, 3.05) is 0 Å². The van der Waals surface area contributed by atoms with Crippen molar-refractivity contribution in [3.8, 4) is 5.75 Å². The van der Waals surface area contributed by atoms with E-state index < -0.39 is 10.1 Å². The zero-order chi connectivity index (χ0) is 12.9. The molecule has 0 spiro atoms. The third-order valence-electron chi connectivity index (χ3n) is 2.09. The van der Waals surface area contributed by atoms with E-state index >= 15 is 0 Å². The van der Waals surface area contributed by atoms with Crippen molar-refractivity contribution >= 4 is 16.1 Å². The van der Waals surface area contributed by atoms with Gasteiger partial charge >= 0.3 is 5.97 Å². The molecule has 0 unspecified atom stereocenters. The lowest BCUT2D eigenvalue weighted by atomic mass is 10.2. The number of rotatable bonds is 5. The second-order valence-corrected chi connectivity index (χ2v) is 4.95. The average molecular weight is 258 g/mol. The largest absolute Gasteiger partial charge is 0.427 e. The fourth-order valence-corrected chi connectivity index (χ4v) is 1.66. The summed E-state index contributed by atoms with van der Waals surface area (Å²) in [5.41, 5.74) is 0. The van der Waals surface area contributed by atoms with Crippen LogP contribution in [0.4, 0.5) is 0 Å². The first-order valence-electron chi connectivity index (χ1n) is 5.21. The van der Waals surface area contributed by atoms with Gasteiger partial charge in [0.05, 0.1) is 4.90 Å². The zero-order valence-corrected chi connectivity index (χ0v) is 10.2. The van der Waals surface area contributed by atoms with Gasteiger partial charge in [0.2, 0.25) is 0 Å². The van der Waals surface area contributed by atoms with Gasteiger partial charge in [-0.25, -0.2) is 0 Å². The van der Waals surface area contributed by atoms with Crippen LogP contribution in [0.3, 0.4) is 0 Å². The summed E-state index contributed by atoms with van der Waals surface area (Å²) in [4.78, 5) is 11.0. The van der Waals surface area contributed by atoms with Gasteiger partial charge in [0, 0.05) is 6.42 Å². The summed E-state index contributed by atoms with van der Waals surface area (Å²) in [5.74, 6) is -0.0926. The van der Waals surface area contributed by atoms with Crippen LogP contribution in [0.5, 0.6) is 5.75 Å². The Hall–Kier alpha value is -1.40. The minimum Gasteiger partial charge on any atom is -0.427 e. The van der Waals surface area contributed by atoms with E-state index in [1.165, 1.54) is 24.3 Å². The third-order valence-corrected chi connectivity index (χ3v) is 2.96. The maximum absolute atomic E-state index is 11.3. The lowest BCUT2D eigenvalue weighted by molar-refractivity contribution is -0.134. The molecule has 17 heavy (non-hydrogen) atoms. The summed E-state index contributed by atoms with van der Waals surface area (Å²) in [6.07, 6.45) is 1.98. The maximum Gasteiger partial charge on any atom is 0.311 e. The predicted molar refractivity (Wildman–Crippen MR) is 61.4 cm³/mol. The van der Waals surface area contributed by atoms with Gasteiger partial charge in [-0.05, 0) is 30.7 Å². The number of ether oxygens (including phenoxy) is 1. The Labute approximate surface area is 100 Å². The summed E-state index contributed by atoms with van der Waals surface area (Å²) >= 11 is 0. The molecule has 0 fully saturated rings. The predicted octanol–water partition coefficient (Wildman–Crippen LogP) is 2.03. The monoisotopic (exact) mass is 258 g/mol. The van der Waals surface area contributed by atoms with Crippen molar-refractivity contribution < 1.29 is 22.5 Å². The SMILES string of the molecule is CCCCC(=O)Oc1ccc(S(=O)(=O)O)cc1. The van der Waals surface area contributed by atoms with E-state index in [-0.39, 0.29) is 16.6 Å². The van der Waals surface area contributed by atoms with Crippen LogP contribution >= 0.6 is 0 Å². The Bertz CT molecular complexity index is 475. The number of hydrogen-bond acceptors (Lipinski definition) is 4. The minimum absolute atomic E-state index is 0.231. The van der Waals surface area contributed by atoms with E-state index in [0.29, 0.717) is 6.42 Å². The van der Waals surface area contributed by atoms with Gasteiger partial charge < -0.3 is 4.74 Å². The molecule has 0 atom stereocenters. The van der Waals surface area contributed by atoms with Crippen LogP contribution in [0.2, 0.25) is 0 Å². The van der Waals surface area contributed by atoms with Crippen molar-refractivity contribution in [2.45, 2.75) is 31.1 Å². The molecule has 0 radical (unpaired) electrons. The van der Waals surface area contributed by atoms with E-state index in [1.807, 2.05) is 6.92 Å². The zero-order valence-electron chi connectivity index (χ0n) is 9.42. The van der Waals surface area contributed by atoms with Gasteiger partial charge in [-0.3, -0.25) is 9.35 Å². The molecule has 0 saturated heterocycles. The smallest absolute Gasteiger partial charge is 0.311 e. The maximum atomic E-state index is 11.3. The Morgan fingerprint density at radius 1 is 1.29 bits per heavy atom. The van der Waals surface area contributed by atoms with Gasteiger partial charge in [-0.2, -0.15) is 8.42 Å². The molecule has 0 heterocycles. The summed E-state index contributed by atoms with van der Waals surface area (Å²) in [6, 6.07) is 5.01. The van der Waals surface area contributed by atoms with Crippen molar-refractivity contribution in [1.82, 2.24) is 0 Å². The molecule has 0 aliphatic heterocycles. The Morgan fingerprint density at radius 2 is 1.88 bits per heavy atom.